The molecule has 8 heteroatoms. The van der Waals surface area contributed by atoms with E-state index in [1.807, 2.05) is 31.2 Å². The van der Waals surface area contributed by atoms with Crippen LogP contribution in [0.5, 0.6) is 5.75 Å². The smallest absolute Gasteiger partial charge is 0.329 e. The zero-order valence-corrected chi connectivity index (χ0v) is 16.5. The molecule has 0 atom stereocenters. The van der Waals surface area contributed by atoms with Crippen molar-refractivity contribution in [3.63, 3.8) is 0 Å². The van der Waals surface area contributed by atoms with E-state index in [0.29, 0.717) is 27.3 Å². The molecule has 0 radical (unpaired) electrons. The van der Waals surface area contributed by atoms with Crippen LogP contribution < -0.4 is 10.1 Å². The lowest BCUT2D eigenvalue weighted by molar-refractivity contribution is -0.140. The van der Waals surface area contributed by atoms with Crippen molar-refractivity contribution in [2.45, 2.75) is 13.5 Å². The van der Waals surface area contributed by atoms with E-state index in [9.17, 15) is 14.4 Å². The predicted molar refractivity (Wildman–Crippen MR) is 106 cm³/mol. The van der Waals surface area contributed by atoms with Gasteiger partial charge in [0.05, 0.1) is 4.47 Å². The fourth-order valence-corrected chi connectivity index (χ4v) is 3.22. The molecule has 1 aliphatic heterocycles. The van der Waals surface area contributed by atoms with Gasteiger partial charge in [0, 0.05) is 0 Å². The number of halogens is 1. The number of hydrogen-bond donors (Lipinski definition) is 2. The molecule has 1 fully saturated rings. The van der Waals surface area contributed by atoms with E-state index in [-0.39, 0.29) is 5.70 Å². The van der Waals surface area contributed by atoms with Gasteiger partial charge in [0.25, 0.3) is 5.91 Å². The molecule has 7 nitrogen and oxygen atoms in total. The van der Waals surface area contributed by atoms with Crippen molar-refractivity contribution in [1.29, 1.82) is 0 Å². The number of carboxylic acids is 1. The lowest BCUT2D eigenvalue weighted by Crippen LogP contribution is -2.35. The van der Waals surface area contributed by atoms with E-state index in [1.165, 1.54) is 6.08 Å². The molecule has 144 valence electrons. The normalized spacial score (nSPS) is 15.1. The number of amides is 3. The summed E-state index contributed by atoms with van der Waals surface area (Å²) in [6, 6.07) is 12.5. The molecule has 3 rings (SSSR count). The minimum Gasteiger partial charge on any atom is -0.488 e. The Morgan fingerprint density at radius 2 is 2.04 bits per heavy atom. The molecule has 1 aliphatic rings. The van der Waals surface area contributed by atoms with Gasteiger partial charge in [-0.05, 0) is 52.2 Å². The number of urea groups is 1. The highest BCUT2D eigenvalue weighted by Crippen LogP contribution is 2.28. The third-order valence-electron chi connectivity index (χ3n) is 4.00. The van der Waals surface area contributed by atoms with Gasteiger partial charge in [0.15, 0.2) is 0 Å². The van der Waals surface area contributed by atoms with Crippen LogP contribution in [0, 0.1) is 6.92 Å². The van der Waals surface area contributed by atoms with E-state index in [2.05, 4.69) is 21.2 Å². The number of carbonyl (C=O) groups is 3. The number of rotatable bonds is 6. The highest BCUT2D eigenvalue weighted by Gasteiger charge is 2.34. The van der Waals surface area contributed by atoms with Gasteiger partial charge >= 0.3 is 12.0 Å². The van der Waals surface area contributed by atoms with Crippen molar-refractivity contribution in [2.24, 2.45) is 0 Å². The fourth-order valence-electron chi connectivity index (χ4n) is 2.70. The zero-order chi connectivity index (χ0) is 20.3. The van der Waals surface area contributed by atoms with Gasteiger partial charge in [-0.3, -0.25) is 9.59 Å². The van der Waals surface area contributed by atoms with Gasteiger partial charge < -0.3 is 15.2 Å². The Bertz CT molecular complexity index is 986. The van der Waals surface area contributed by atoms with Crippen molar-refractivity contribution in [1.82, 2.24) is 10.2 Å². The van der Waals surface area contributed by atoms with Crippen molar-refractivity contribution >= 4 is 39.9 Å². The van der Waals surface area contributed by atoms with Crippen LogP contribution in [0.15, 0.2) is 52.6 Å². The molecule has 2 aromatic rings. The maximum atomic E-state index is 12.2. The number of imide groups is 1. The standard InChI is InChI=1S/C20H17BrN2O5/c1-12-3-2-4-14(7-12)11-28-17-6-5-13(8-15(17)21)9-16-19(26)23(10-18(24)25)20(27)22-16/h2-9H,10-11H2,1H3,(H,22,27)(H,24,25)/b16-9+. The number of hydrogen-bond acceptors (Lipinski definition) is 4. The van der Waals surface area contributed by atoms with Crippen LogP contribution in [0.3, 0.4) is 0 Å². The second kappa shape index (κ2) is 8.26. The molecule has 0 aromatic heterocycles. The minimum absolute atomic E-state index is 0.0200. The summed E-state index contributed by atoms with van der Waals surface area (Å²) in [6.07, 6.45) is 1.48. The average Bonchev–Trinajstić information content (AvgIpc) is 2.88. The molecule has 0 bridgehead atoms. The number of ether oxygens (including phenoxy) is 1. The summed E-state index contributed by atoms with van der Waals surface area (Å²) in [4.78, 5) is 35.3. The maximum absolute atomic E-state index is 12.2. The third-order valence-corrected chi connectivity index (χ3v) is 4.62. The number of nitrogens with zero attached hydrogens (tertiary/aromatic N) is 1. The number of benzene rings is 2. The van der Waals surface area contributed by atoms with Gasteiger partial charge in [-0.15, -0.1) is 0 Å². The summed E-state index contributed by atoms with van der Waals surface area (Å²) in [6.45, 7) is 1.75. The van der Waals surface area contributed by atoms with Crippen LogP contribution in [0.1, 0.15) is 16.7 Å². The van der Waals surface area contributed by atoms with Gasteiger partial charge in [-0.25, -0.2) is 9.69 Å². The van der Waals surface area contributed by atoms with Gasteiger partial charge in [-0.1, -0.05) is 35.9 Å². The van der Waals surface area contributed by atoms with Crippen LogP contribution in [-0.4, -0.2) is 34.5 Å². The summed E-state index contributed by atoms with van der Waals surface area (Å²) in [7, 11) is 0. The number of aryl methyl sites for hydroxylation is 1. The van der Waals surface area contributed by atoms with Crippen molar-refractivity contribution < 1.29 is 24.2 Å². The predicted octanol–water partition coefficient (Wildman–Crippen LogP) is 3.31. The Hall–Kier alpha value is -3.13. The first-order valence-electron chi connectivity index (χ1n) is 8.38. The Kier molecular flexibility index (Phi) is 5.79. The van der Waals surface area contributed by atoms with Crippen molar-refractivity contribution in [2.75, 3.05) is 6.54 Å². The molecule has 2 aromatic carbocycles. The van der Waals surface area contributed by atoms with Gasteiger partial charge in [0.2, 0.25) is 0 Å². The summed E-state index contributed by atoms with van der Waals surface area (Å²) in [5.41, 5.74) is 2.88. The summed E-state index contributed by atoms with van der Waals surface area (Å²) in [5, 5.41) is 11.2. The van der Waals surface area contributed by atoms with Crippen LogP contribution in [0.25, 0.3) is 6.08 Å². The largest absolute Gasteiger partial charge is 0.488 e. The third kappa shape index (κ3) is 4.58. The number of carbonyl (C=O) groups excluding carboxylic acids is 2. The fraction of sp³-hybridized carbons (Fsp3) is 0.150. The second-order valence-electron chi connectivity index (χ2n) is 6.24. The van der Waals surface area contributed by atoms with Crippen LogP contribution in [-0.2, 0) is 16.2 Å². The minimum atomic E-state index is -1.26. The molecule has 28 heavy (non-hydrogen) atoms. The molecule has 0 aliphatic carbocycles. The maximum Gasteiger partial charge on any atom is 0.329 e. The molecule has 3 amide bonds. The molecule has 0 saturated carbocycles. The average molecular weight is 445 g/mol. The van der Waals surface area contributed by atoms with Crippen LogP contribution in [0.2, 0.25) is 0 Å². The molecular weight excluding hydrogens is 428 g/mol. The van der Waals surface area contributed by atoms with E-state index in [4.69, 9.17) is 9.84 Å². The molecular formula is C20H17BrN2O5. The van der Waals surface area contributed by atoms with Gasteiger partial charge in [-0.2, -0.15) is 0 Å². The number of nitrogens with one attached hydrogen (secondary N) is 1. The Morgan fingerprint density at radius 3 is 2.71 bits per heavy atom. The van der Waals surface area contributed by atoms with Gasteiger partial charge in [0.1, 0.15) is 24.6 Å². The lowest BCUT2D eigenvalue weighted by atomic mass is 10.1. The zero-order valence-electron chi connectivity index (χ0n) is 14.9. The van der Waals surface area contributed by atoms with Crippen LogP contribution in [0.4, 0.5) is 4.79 Å². The first kappa shape index (κ1) is 19.6. The van der Waals surface area contributed by atoms with E-state index >= 15 is 0 Å². The second-order valence-corrected chi connectivity index (χ2v) is 7.10. The number of aliphatic carboxylic acids is 1. The summed E-state index contributed by atoms with van der Waals surface area (Å²) < 4.78 is 6.51. The summed E-state index contributed by atoms with van der Waals surface area (Å²) in [5.74, 6) is -1.30. The van der Waals surface area contributed by atoms with Crippen LogP contribution >= 0.6 is 15.9 Å². The SMILES string of the molecule is Cc1cccc(COc2ccc(/C=C3/NC(=O)N(CC(=O)O)C3=O)cc2Br)c1. The Morgan fingerprint density at radius 1 is 1.25 bits per heavy atom. The Labute approximate surface area is 169 Å². The van der Waals surface area contributed by atoms with E-state index < -0.39 is 24.5 Å². The monoisotopic (exact) mass is 444 g/mol. The summed E-state index contributed by atoms with van der Waals surface area (Å²) >= 11 is 3.44. The molecule has 1 heterocycles. The number of carboxylic acid groups (broad SMARTS) is 1. The highest BCUT2D eigenvalue weighted by atomic mass is 79.9. The first-order valence-corrected chi connectivity index (χ1v) is 9.17. The highest BCUT2D eigenvalue weighted by molar-refractivity contribution is 9.10. The van der Waals surface area contributed by atoms with Crippen molar-refractivity contribution in [3.05, 3.63) is 69.3 Å². The Balaban J connectivity index is 1.72. The molecule has 1 saturated heterocycles. The first-order chi connectivity index (χ1) is 13.3. The van der Waals surface area contributed by atoms with E-state index in [0.717, 1.165) is 11.1 Å². The topological polar surface area (TPSA) is 95.9 Å². The van der Waals surface area contributed by atoms with Crippen molar-refractivity contribution in [3.8, 4) is 5.75 Å². The molecule has 0 spiro atoms. The van der Waals surface area contributed by atoms with E-state index in [1.54, 1.807) is 18.2 Å². The lowest BCUT2D eigenvalue weighted by Gasteiger charge is -2.10. The molecule has 0 unspecified atom stereocenters. The molecule has 2 N–H and O–H groups in total. The quantitative estimate of drug-likeness (QED) is 0.526.